The summed E-state index contributed by atoms with van der Waals surface area (Å²) >= 11 is 0. The maximum Gasteiger partial charge on any atom is 0.0434 e. The minimum Gasteiger partial charge on any atom is -0.396 e. The van der Waals surface area contributed by atoms with Crippen LogP contribution >= 0.6 is 0 Å². The van der Waals surface area contributed by atoms with Crippen molar-refractivity contribution in [3.05, 3.63) is 0 Å². The molecule has 1 saturated carbocycles. The lowest BCUT2D eigenvalue weighted by atomic mass is 9.72. The van der Waals surface area contributed by atoms with Gasteiger partial charge in [-0.15, -0.1) is 0 Å². The number of aliphatic hydroxyl groups excluding tert-OH is 1. The number of hydrogen-bond acceptors (Lipinski definition) is 3. The van der Waals surface area contributed by atoms with Crippen molar-refractivity contribution < 1.29 is 5.11 Å². The standard InChI is InChI=1S/C18H36N2O/c1-4-7-19-18-11-14(2)10-15(3)17(18)13-20-8-5-16(12-20)6-9-21/h14-19,21H,4-13H2,1-3H3. The molecule has 3 heteroatoms. The summed E-state index contributed by atoms with van der Waals surface area (Å²) in [4.78, 5) is 2.66. The Morgan fingerprint density at radius 2 is 2.05 bits per heavy atom. The fourth-order valence-electron chi connectivity index (χ4n) is 4.58. The first kappa shape index (κ1) is 17.2. The van der Waals surface area contributed by atoms with E-state index in [4.69, 9.17) is 5.11 Å². The molecule has 21 heavy (non-hydrogen) atoms. The van der Waals surface area contributed by atoms with Gasteiger partial charge in [-0.3, -0.25) is 0 Å². The Morgan fingerprint density at radius 3 is 2.76 bits per heavy atom. The third kappa shape index (κ3) is 4.94. The molecule has 0 aromatic rings. The minimum atomic E-state index is 0.358. The lowest BCUT2D eigenvalue weighted by Crippen LogP contribution is -2.49. The van der Waals surface area contributed by atoms with Crippen LogP contribution in [0.15, 0.2) is 0 Å². The van der Waals surface area contributed by atoms with E-state index in [0.29, 0.717) is 12.6 Å². The third-order valence-electron chi connectivity index (χ3n) is 5.71. The quantitative estimate of drug-likeness (QED) is 0.758. The van der Waals surface area contributed by atoms with E-state index in [1.54, 1.807) is 0 Å². The average Bonchev–Trinajstić information content (AvgIpc) is 2.87. The molecule has 5 unspecified atom stereocenters. The maximum absolute atomic E-state index is 9.12. The first-order chi connectivity index (χ1) is 10.1. The molecule has 2 rings (SSSR count). The van der Waals surface area contributed by atoms with E-state index in [9.17, 15) is 0 Å². The van der Waals surface area contributed by atoms with E-state index in [2.05, 4.69) is 31.0 Å². The topological polar surface area (TPSA) is 35.5 Å². The van der Waals surface area contributed by atoms with Crippen LogP contribution in [-0.2, 0) is 0 Å². The molecule has 2 fully saturated rings. The molecule has 0 amide bonds. The van der Waals surface area contributed by atoms with Crippen LogP contribution < -0.4 is 5.32 Å². The summed E-state index contributed by atoms with van der Waals surface area (Å²) in [6.07, 6.45) is 6.25. The molecule has 5 atom stereocenters. The van der Waals surface area contributed by atoms with E-state index in [1.165, 1.54) is 45.3 Å². The van der Waals surface area contributed by atoms with E-state index in [1.807, 2.05) is 0 Å². The molecule has 0 aromatic carbocycles. The van der Waals surface area contributed by atoms with Gasteiger partial charge in [0.15, 0.2) is 0 Å². The van der Waals surface area contributed by atoms with Crippen LogP contribution in [0.1, 0.15) is 52.9 Å². The minimum absolute atomic E-state index is 0.358. The Kier molecular flexibility index (Phi) is 6.97. The Balaban J connectivity index is 1.88. The zero-order valence-electron chi connectivity index (χ0n) is 14.4. The number of nitrogens with zero attached hydrogens (tertiary/aromatic N) is 1. The normalized spacial score (nSPS) is 38.0. The van der Waals surface area contributed by atoms with Crippen molar-refractivity contribution in [2.24, 2.45) is 23.7 Å². The Labute approximate surface area is 131 Å². The van der Waals surface area contributed by atoms with Crippen molar-refractivity contribution in [3.63, 3.8) is 0 Å². The van der Waals surface area contributed by atoms with Crippen molar-refractivity contribution in [1.29, 1.82) is 0 Å². The van der Waals surface area contributed by atoms with Gasteiger partial charge in [0.2, 0.25) is 0 Å². The molecule has 3 nitrogen and oxygen atoms in total. The molecule has 1 heterocycles. The summed E-state index contributed by atoms with van der Waals surface area (Å²) in [7, 11) is 0. The molecule has 1 saturated heterocycles. The molecule has 0 aromatic heterocycles. The molecule has 1 aliphatic heterocycles. The number of rotatable bonds is 7. The van der Waals surface area contributed by atoms with Crippen LogP contribution in [0.3, 0.4) is 0 Å². The Morgan fingerprint density at radius 1 is 1.24 bits per heavy atom. The predicted molar refractivity (Wildman–Crippen MR) is 89.4 cm³/mol. The molecule has 0 spiro atoms. The van der Waals surface area contributed by atoms with Gasteiger partial charge in [-0.1, -0.05) is 20.8 Å². The predicted octanol–water partition coefficient (Wildman–Crippen LogP) is 2.74. The highest BCUT2D eigenvalue weighted by Gasteiger charge is 2.35. The molecule has 2 aliphatic rings. The van der Waals surface area contributed by atoms with Gasteiger partial charge < -0.3 is 15.3 Å². The monoisotopic (exact) mass is 296 g/mol. The Hall–Kier alpha value is -0.120. The third-order valence-corrected chi connectivity index (χ3v) is 5.71. The van der Waals surface area contributed by atoms with Crippen LogP contribution in [0.2, 0.25) is 0 Å². The first-order valence-corrected chi connectivity index (χ1v) is 9.20. The average molecular weight is 296 g/mol. The van der Waals surface area contributed by atoms with Gasteiger partial charge in [0.05, 0.1) is 0 Å². The fraction of sp³-hybridized carbons (Fsp3) is 1.00. The van der Waals surface area contributed by atoms with Crippen molar-refractivity contribution in [1.82, 2.24) is 10.2 Å². The summed E-state index contributed by atoms with van der Waals surface area (Å²) in [5, 5.41) is 12.9. The van der Waals surface area contributed by atoms with Gasteiger partial charge in [-0.25, -0.2) is 0 Å². The number of aliphatic hydroxyl groups is 1. The molecular formula is C18H36N2O. The molecule has 2 N–H and O–H groups in total. The van der Waals surface area contributed by atoms with E-state index in [-0.39, 0.29) is 0 Å². The van der Waals surface area contributed by atoms with Crippen molar-refractivity contribution >= 4 is 0 Å². The van der Waals surface area contributed by atoms with Crippen LogP contribution in [0.25, 0.3) is 0 Å². The number of hydrogen-bond donors (Lipinski definition) is 2. The van der Waals surface area contributed by atoms with Crippen LogP contribution in [0.4, 0.5) is 0 Å². The lowest BCUT2D eigenvalue weighted by molar-refractivity contribution is 0.108. The molecule has 0 radical (unpaired) electrons. The smallest absolute Gasteiger partial charge is 0.0434 e. The zero-order valence-corrected chi connectivity index (χ0v) is 14.4. The van der Waals surface area contributed by atoms with Gasteiger partial charge >= 0.3 is 0 Å². The van der Waals surface area contributed by atoms with Gasteiger partial charge in [-0.2, -0.15) is 0 Å². The summed E-state index contributed by atoms with van der Waals surface area (Å²) in [5.74, 6) is 3.24. The van der Waals surface area contributed by atoms with Crippen molar-refractivity contribution in [3.8, 4) is 0 Å². The maximum atomic E-state index is 9.12. The highest BCUT2D eigenvalue weighted by Crippen LogP contribution is 2.35. The summed E-state index contributed by atoms with van der Waals surface area (Å²) in [6.45, 7) is 12.4. The highest BCUT2D eigenvalue weighted by atomic mass is 16.3. The highest BCUT2D eigenvalue weighted by molar-refractivity contribution is 4.90. The number of nitrogens with one attached hydrogen (secondary N) is 1. The van der Waals surface area contributed by atoms with Gasteiger partial charge in [0.1, 0.15) is 0 Å². The zero-order chi connectivity index (χ0) is 15.2. The molecule has 124 valence electrons. The first-order valence-electron chi connectivity index (χ1n) is 9.20. The molecule has 0 bridgehead atoms. The van der Waals surface area contributed by atoms with Gasteiger partial charge in [-0.05, 0) is 68.9 Å². The van der Waals surface area contributed by atoms with Crippen LogP contribution in [0.5, 0.6) is 0 Å². The fourth-order valence-corrected chi connectivity index (χ4v) is 4.58. The van der Waals surface area contributed by atoms with Crippen LogP contribution in [0, 0.1) is 23.7 Å². The Bertz CT molecular complexity index is 297. The van der Waals surface area contributed by atoms with Gasteiger partial charge in [0.25, 0.3) is 0 Å². The summed E-state index contributed by atoms with van der Waals surface area (Å²) in [6, 6.07) is 0.709. The second kappa shape index (κ2) is 8.50. The SMILES string of the molecule is CCCNC1CC(C)CC(C)C1CN1CCC(CCO)C1. The largest absolute Gasteiger partial charge is 0.396 e. The van der Waals surface area contributed by atoms with E-state index < -0.39 is 0 Å². The van der Waals surface area contributed by atoms with E-state index >= 15 is 0 Å². The van der Waals surface area contributed by atoms with Crippen molar-refractivity contribution in [2.75, 3.05) is 32.8 Å². The van der Waals surface area contributed by atoms with Crippen LogP contribution in [-0.4, -0.2) is 48.8 Å². The van der Waals surface area contributed by atoms with E-state index in [0.717, 1.165) is 36.6 Å². The lowest BCUT2D eigenvalue weighted by Gasteiger charge is -2.42. The second-order valence-corrected chi connectivity index (χ2v) is 7.70. The number of likely N-dealkylation sites (tertiary alicyclic amines) is 1. The van der Waals surface area contributed by atoms with Gasteiger partial charge in [0, 0.05) is 25.7 Å². The summed E-state index contributed by atoms with van der Waals surface area (Å²) in [5.41, 5.74) is 0. The molecule has 1 aliphatic carbocycles. The summed E-state index contributed by atoms with van der Waals surface area (Å²) < 4.78 is 0. The van der Waals surface area contributed by atoms with Crippen molar-refractivity contribution in [2.45, 2.75) is 58.9 Å². The second-order valence-electron chi connectivity index (χ2n) is 7.70. The molecular weight excluding hydrogens is 260 g/mol.